The Morgan fingerprint density at radius 1 is 1.36 bits per heavy atom. The van der Waals surface area contributed by atoms with Gasteiger partial charge in [0, 0.05) is 36.2 Å². The van der Waals surface area contributed by atoms with Crippen LogP contribution in [0.1, 0.15) is 23.2 Å². The lowest BCUT2D eigenvalue weighted by Crippen LogP contribution is -2.41. The van der Waals surface area contributed by atoms with Gasteiger partial charge in [-0.2, -0.15) is 0 Å². The summed E-state index contributed by atoms with van der Waals surface area (Å²) in [5, 5.41) is 4.25. The Morgan fingerprint density at radius 2 is 2.08 bits per heavy atom. The number of sulfonamides is 1. The fraction of sp³-hybridized carbons (Fsp3) is 0.412. The number of nitrogens with one attached hydrogen (secondary N) is 1. The molecule has 25 heavy (non-hydrogen) atoms. The van der Waals surface area contributed by atoms with Crippen LogP contribution in [0.4, 0.5) is 0 Å². The fourth-order valence-electron chi connectivity index (χ4n) is 3.11. The summed E-state index contributed by atoms with van der Waals surface area (Å²) in [6, 6.07) is 7.07. The van der Waals surface area contributed by atoms with E-state index in [1.54, 1.807) is 24.4 Å². The van der Waals surface area contributed by atoms with E-state index >= 15 is 0 Å². The summed E-state index contributed by atoms with van der Waals surface area (Å²) in [6.45, 7) is 1.51. The molecule has 0 atom stereocenters. The first-order valence-electron chi connectivity index (χ1n) is 8.12. The van der Waals surface area contributed by atoms with Gasteiger partial charge in [-0.15, -0.1) is 0 Å². The summed E-state index contributed by atoms with van der Waals surface area (Å²) >= 11 is 6.11. The lowest BCUT2D eigenvalue weighted by molar-refractivity contribution is 0.0943. The van der Waals surface area contributed by atoms with Crippen molar-refractivity contribution in [2.75, 3.05) is 25.9 Å². The zero-order chi connectivity index (χ0) is 18.0. The highest BCUT2D eigenvalue weighted by Gasteiger charge is 2.25. The molecule has 0 bridgehead atoms. The number of rotatable bonds is 4. The molecule has 1 aliphatic heterocycles. The van der Waals surface area contributed by atoms with Crippen molar-refractivity contribution < 1.29 is 13.2 Å². The molecule has 2 aromatic rings. The van der Waals surface area contributed by atoms with Gasteiger partial charge in [0.2, 0.25) is 10.0 Å². The molecule has 1 N–H and O–H groups in total. The van der Waals surface area contributed by atoms with E-state index < -0.39 is 10.0 Å². The van der Waals surface area contributed by atoms with Crippen molar-refractivity contribution in [3.05, 3.63) is 41.0 Å². The summed E-state index contributed by atoms with van der Waals surface area (Å²) in [5.41, 5.74) is 1.08. The minimum atomic E-state index is -3.13. The predicted octanol–water partition coefficient (Wildman–Crippen LogP) is 2.29. The van der Waals surface area contributed by atoms with Crippen molar-refractivity contribution in [1.82, 2.24) is 14.6 Å². The molecule has 1 aromatic heterocycles. The van der Waals surface area contributed by atoms with E-state index in [0.717, 1.165) is 18.2 Å². The van der Waals surface area contributed by atoms with E-state index in [9.17, 15) is 13.2 Å². The molecule has 0 unspecified atom stereocenters. The highest BCUT2D eigenvalue weighted by Crippen LogP contribution is 2.23. The number of hydrogen-bond donors (Lipinski definition) is 1. The van der Waals surface area contributed by atoms with Gasteiger partial charge >= 0.3 is 0 Å². The Labute approximate surface area is 152 Å². The van der Waals surface area contributed by atoms with Gasteiger partial charge in [0.15, 0.2) is 0 Å². The molecule has 8 heteroatoms. The third-order valence-corrected chi connectivity index (χ3v) is 6.03. The molecule has 6 nitrogen and oxygen atoms in total. The van der Waals surface area contributed by atoms with E-state index in [2.05, 4.69) is 10.3 Å². The molecule has 1 fully saturated rings. The second kappa shape index (κ2) is 7.27. The van der Waals surface area contributed by atoms with Crippen LogP contribution < -0.4 is 5.32 Å². The molecule has 0 spiro atoms. The van der Waals surface area contributed by atoms with Gasteiger partial charge in [0.25, 0.3) is 5.91 Å². The Morgan fingerprint density at radius 3 is 2.76 bits per heavy atom. The predicted molar refractivity (Wildman–Crippen MR) is 98.2 cm³/mol. The molecule has 3 rings (SSSR count). The molecular weight excluding hydrogens is 362 g/mol. The topological polar surface area (TPSA) is 79.4 Å². The number of hydrogen-bond acceptors (Lipinski definition) is 4. The average molecular weight is 382 g/mol. The number of fused-ring (bicyclic) bond motifs is 1. The van der Waals surface area contributed by atoms with Crippen molar-refractivity contribution in [3.8, 4) is 0 Å². The van der Waals surface area contributed by atoms with E-state index in [-0.39, 0.29) is 11.8 Å². The van der Waals surface area contributed by atoms with Gasteiger partial charge < -0.3 is 5.32 Å². The highest BCUT2D eigenvalue weighted by atomic mass is 35.5. The van der Waals surface area contributed by atoms with Crippen molar-refractivity contribution >= 4 is 38.4 Å². The fourth-order valence-corrected chi connectivity index (χ4v) is 4.21. The minimum Gasteiger partial charge on any atom is -0.352 e. The van der Waals surface area contributed by atoms with Crippen molar-refractivity contribution in [1.29, 1.82) is 0 Å². The molecule has 1 aliphatic rings. The summed E-state index contributed by atoms with van der Waals surface area (Å²) in [4.78, 5) is 16.8. The lowest BCUT2D eigenvalue weighted by Gasteiger charge is -2.30. The van der Waals surface area contributed by atoms with Crippen molar-refractivity contribution in [3.63, 3.8) is 0 Å². The highest BCUT2D eigenvalue weighted by molar-refractivity contribution is 7.88. The van der Waals surface area contributed by atoms with E-state index in [4.69, 9.17) is 11.6 Å². The maximum absolute atomic E-state index is 12.6. The summed E-state index contributed by atoms with van der Waals surface area (Å²) in [7, 11) is -3.13. The summed E-state index contributed by atoms with van der Waals surface area (Å²) in [6.07, 6.45) is 4.35. The van der Waals surface area contributed by atoms with Crippen molar-refractivity contribution in [2.24, 2.45) is 5.92 Å². The lowest BCUT2D eigenvalue weighted by atomic mass is 9.98. The zero-order valence-electron chi connectivity index (χ0n) is 13.9. The Kier molecular flexibility index (Phi) is 5.27. The minimum absolute atomic E-state index is 0.211. The molecule has 1 saturated heterocycles. The number of carbonyl (C=O) groups is 1. The number of carbonyl (C=O) groups excluding carboxylic acids is 1. The van der Waals surface area contributed by atoms with Gasteiger partial charge in [-0.3, -0.25) is 9.78 Å². The maximum Gasteiger partial charge on any atom is 0.253 e. The van der Waals surface area contributed by atoms with Crippen molar-refractivity contribution in [2.45, 2.75) is 12.8 Å². The molecule has 134 valence electrons. The first-order chi connectivity index (χ1) is 11.8. The average Bonchev–Trinajstić information content (AvgIpc) is 2.58. The number of halogens is 1. The van der Waals surface area contributed by atoms with Crippen LogP contribution in [0.5, 0.6) is 0 Å². The van der Waals surface area contributed by atoms with Gasteiger partial charge in [0.05, 0.1) is 17.3 Å². The quantitative estimate of drug-likeness (QED) is 0.881. The standard InChI is InChI=1S/C17H20ClN3O3S/c1-25(23,24)21-7-4-12(5-8-21)11-20-17(22)15-10-14(18)9-13-3-2-6-19-16(13)15/h2-3,6,9-10,12H,4-5,7-8,11H2,1H3,(H,20,22). The van der Waals surface area contributed by atoms with Crippen LogP contribution in [0.2, 0.25) is 5.02 Å². The number of piperidine rings is 1. The van der Waals surface area contributed by atoms with E-state index in [1.807, 2.05) is 6.07 Å². The smallest absolute Gasteiger partial charge is 0.253 e. The van der Waals surface area contributed by atoms with Gasteiger partial charge in [-0.05, 0) is 37.0 Å². The van der Waals surface area contributed by atoms with Crippen LogP contribution >= 0.6 is 11.6 Å². The third kappa shape index (κ3) is 4.29. The third-order valence-electron chi connectivity index (χ3n) is 4.51. The second-order valence-corrected chi connectivity index (χ2v) is 8.76. The molecule has 0 aliphatic carbocycles. The number of benzene rings is 1. The molecule has 2 heterocycles. The van der Waals surface area contributed by atoms with E-state index in [1.165, 1.54) is 10.6 Å². The van der Waals surface area contributed by atoms with Crippen LogP contribution in [0.3, 0.4) is 0 Å². The molecular formula is C17H20ClN3O3S. The summed E-state index contributed by atoms with van der Waals surface area (Å²) in [5.74, 6) is 0.0529. The molecule has 0 saturated carbocycles. The van der Waals surface area contributed by atoms with Gasteiger partial charge in [-0.1, -0.05) is 17.7 Å². The molecule has 1 aromatic carbocycles. The van der Waals surface area contributed by atoms with Crippen LogP contribution in [0.15, 0.2) is 30.5 Å². The number of nitrogens with zero attached hydrogens (tertiary/aromatic N) is 2. The number of pyridine rings is 1. The molecule has 1 amide bonds. The first kappa shape index (κ1) is 18.1. The number of amides is 1. The Balaban J connectivity index is 1.64. The SMILES string of the molecule is CS(=O)(=O)N1CCC(CNC(=O)c2cc(Cl)cc3cccnc23)CC1. The zero-order valence-corrected chi connectivity index (χ0v) is 15.5. The maximum atomic E-state index is 12.6. The monoisotopic (exact) mass is 381 g/mol. The second-order valence-electron chi connectivity index (χ2n) is 6.34. The molecule has 0 radical (unpaired) electrons. The van der Waals surface area contributed by atoms with Crippen LogP contribution in [-0.2, 0) is 10.0 Å². The van der Waals surface area contributed by atoms with Crippen LogP contribution in [-0.4, -0.2) is 49.5 Å². The van der Waals surface area contributed by atoms with Gasteiger partial charge in [-0.25, -0.2) is 12.7 Å². The first-order valence-corrected chi connectivity index (χ1v) is 10.3. The van der Waals surface area contributed by atoms with Crippen LogP contribution in [0.25, 0.3) is 10.9 Å². The largest absolute Gasteiger partial charge is 0.352 e. The number of aromatic nitrogens is 1. The Hall–Kier alpha value is -1.70. The summed E-state index contributed by atoms with van der Waals surface area (Å²) < 4.78 is 24.6. The van der Waals surface area contributed by atoms with E-state index in [0.29, 0.717) is 35.7 Å². The Bertz CT molecular complexity index is 893. The normalized spacial score (nSPS) is 16.9. The van der Waals surface area contributed by atoms with Crippen LogP contribution in [0, 0.1) is 5.92 Å². The van der Waals surface area contributed by atoms with Gasteiger partial charge in [0.1, 0.15) is 0 Å².